The number of rotatable bonds is 3. The molecule has 82 valence electrons. The summed E-state index contributed by atoms with van der Waals surface area (Å²) >= 11 is 0. The first-order chi connectivity index (χ1) is 6.40. The minimum absolute atomic E-state index is 0.269. The predicted molar refractivity (Wildman–Crippen MR) is 44.3 cm³/mol. The van der Waals surface area contributed by atoms with Crippen LogP contribution in [-0.2, 0) is 4.79 Å². The SMILES string of the molecule is NC(=O)C(CC(F)(F)F)C1CCNC1. The lowest BCUT2D eigenvalue weighted by Crippen LogP contribution is -2.34. The van der Waals surface area contributed by atoms with Crippen LogP contribution in [0.4, 0.5) is 13.2 Å². The molecule has 1 aliphatic rings. The Kier molecular flexibility index (Phi) is 3.36. The van der Waals surface area contributed by atoms with Gasteiger partial charge in [0.2, 0.25) is 5.91 Å². The molecule has 6 heteroatoms. The number of hydrogen-bond acceptors (Lipinski definition) is 2. The van der Waals surface area contributed by atoms with Gasteiger partial charge >= 0.3 is 6.18 Å². The van der Waals surface area contributed by atoms with E-state index in [4.69, 9.17) is 5.73 Å². The number of primary amides is 1. The first-order valence-corrected chi connectivity index (χ1v) is 4.47. The maximum absolute atomic E-state index is 12.1. The Morgan fingerprint density at radius 1 is 1.57 bits per heavy atom. The summed E-state index contributed by atoms with van der Waals surface area (Å²) < 4.78 is 36.3. The Hall–Kier alpha value is -0.780. The molecular weight excluding hydrogens is 197 g/mol. The van der Waals surface area contributed by atoms with Crippen molar-refractivity contribution in [3.63, 3.8) is 0 Å². The molecule has 0 aromatic heterocycles. The van der Waals surface area contributed by atoms with Crippen molar-refractivity contribution in [2.45, 2.75) is 19.0 Å². The van der Waals surface area contributed by atoms with Gasteiger partial charge in [0.05, 0.1) is 12.3 Å². The Labute approximate surface area is 79.8 Å². The zero-order valence-corrected chi connectivity index (χ0v) is 7.60. The van der Waals surface area contributed by atoms with Crippen LogP contribution in [0.5, 0.6) is 0 Å². The van der Waals surface area contributed by atoms with E-state index in [-0.39, 0.29) is 5.92 Å². The second-order valence-corrected chi connectivity index (χ2v) is 3.58. The topological polar surface area (TPSA) is 55.1 Å². The number of carbonyl (C=O) groups is 1. The largest absolute Gasteiger partial charge is 0.389 e. The summed E-state index contributed by atoms with van der Waals surface area (Å²) in [5.41, 5.74) is 4.96. The van der Waals surface area contributed by atoms with Gasteiger partial charge in [-0.25, -0.2) is 0 Å². The zero-order chi connectivity index (χ0) is 10.8. The second-order valence-electron chi connectivity index (χ2n) is 3.58. The molecule has 0 radical (unpaired) electrons. The molecule has 0 bridgehead atoms. The Morgan fingerprint density at radius 3 is 2.57 bits per heavy atom. The molecule has 1 heterocycles. The van der Waals surface area contributed by atoms with Gasteiger partial charge in [-0.05, 0) is 25.4 Å². The number of nitrogens with one attached hydrogen (secondary N) is 1. The summed E-state index contributed by atoms with van der Waals surface area (Å²) in [6.07, 6.45) is -4.83. The normalized spacial score (nSPS) is 24.9. The number of amides is 1. The summed E-state index contributed by atoms with van der Waals surface area (Å²) in [5, 5.41) is 2.92. The minimum atomic E-state index is -4.32. The predicted octanol–water partition coefficient (Wildman–Crippen LogP) is 0.650. The third-order valence-corrected chi connectivity index (χ3v) is 2.48. The number of alkyl halides is 3. The van der Waals surface area contributed by atoms with Crippen molar-refractivity contribution in [2.75, 3.05) is 13.1 Å². The van der Waals surface area contributed by atoms with Crippen molar-refractivity contribution in [1.82, 2.24) is 5.32 Å². The molecule has 1 amide bonds. The molecule has 0 aromatic rings. The van der Waals surface area contributed by atoms with Crippen LogP contribution in [-0.4, -0.2) is 25.2 Å². The van der Waals surface area contributed by atoms with E-state index in [0.717, 1.165) is 0 Å². The third kappa shape index (κ3) is 3.17. The highest BCUT2D eigenvalue weighted by Gasteiger charge is 2.39. The molecule has 1 aliphatic heterocycles. The van der Waals surface area contributed by atoms with E-state index < -0.39 is 24.4 Å². The standard InChI is InChI=1S/C8H13F3N2O/c9-8(10,11)3-6(7(12)14)5-1-2-13-4-5/h5-6,13H,1-4H2,(H2,12,14). The van der Waals surface area contributed by atoms with E-state index in [9.17, 15) is 18.0 Å². The minimum Gasteiger partial charge on any atom is -0.369 e. The third-order valence-electron chi connectivity index (χ3n) is 2.48. The lowest BCUT2D eigenvalue weighted by atomic mass is 9.88. The molecule has 2 atom stereocenters. The van der Waals surface area contributed by atoms with Crippen LogP contribution in [0.2, 0.25) is 0 Å². The van der Waals surface area contributed by atoms with E-state index in [1.165, 1.54) is 0 Å². The highest BCUT2D eigenvalue weighted by molar-refractivity contribution is 5.77. The van der Waals surface area contributed by atoms with Gasteiger partial charge in [0.15, 0.2) is 0 Å². The highest BCUT2D eigenvalue weighted by Crippen LogP contribution is 2.31. The van der Waals surface area contributed by atoms with Gasteiger partial charge in [-0.1, -0.05) is 0 Å². The fourth-order valence-electron chi connectivity index (χ4n) is 1.77. The molecule has 3 nitrogen and oxygen atoms in total. The molecule has 0 aliphatic carbocycles. The number of halogens is 3. The Balaban J connectivity index is 2.59. The molecule has 1 rings (SSSR count). The number of carbonyl (C=O) groups excluding carboxylic acids is 1. The Bertz CT molecular complexity index is 211. The number of nitrogens with two attached hydrogens (primary N) is 1. The van der Waals surface area contributed by atoms with Crippen LogP contribution in [0.15, 0.2) is 0 Å². The monoisotopic (exact) mass is 210 g/mol. The molecule has 1 saturated heterocycles. The van der Waals surface area contributed by atoms with Crippen LogP contribution in [0, 0.1) is 11.8 Å². The second kappa shape index (κ2) is 4.16. The van der Waals surface area contributed by atoms with Crippen LogP contribution in [0.1, 0.15) is 12.8 Å². The first kappa shape index (κ1) is 11.3. The summed E-state index contributed by atoms with van der Waals surface area (Å²) in [6, 6.07) is 0. The van der Waals surface area contributed by atoms with Gasteiger partial charge < -0.3 is 11.1 Å². The molecular formula is C8H13F3N2O. The van der Waals surface area contributed by atoms with E-state index in [2.05, 4.69) is 5.32 Å². The fourth-order valence-corrected chi connectivity index (χ4v) is 1.77. The summed E-state index contributed by atoms with van der Waals surface area (Å²) in [7, 11) is 0. The van der Waals surface area contributed by atoms with Crippen LogP contribution in [0.3, 0.4) is 0 Å². The van der Waals surface area contributed by atoms with Gasteiger partial charge in [-0.3, -0.25) is 4.79 Å². The lowest BCUT2D eigenvalue weighted by molar-refractivity contribution is -0.156. The van der Waals surface area contributed by atoms with Crippen molar-refractivity contribution in [3.8, 4) is 0 Å². The zero-order valence-electron chi connectivity index (χ0n) is 7.60. The first-order valence-electron chi connectivity index (χ1n) is 4.47. The van der Waals surface area contributed by atoms with Crippen molar-refractivity contribution in [2.24, 2.45) is 17.6 Å². The highest BCUT2D eigenvalue weighted by atomic mass is 19.4. The molecule has 2 unspecified atom stereocenters. The van der Waals surface area contributed by atoms with Crippen molar-refractivity contribution < 1.29 is 18.0 Å². The van der Waals surface area contributed by atoms with E-state index in [0.29, 0.717) is 19.5 Å². The van der Waals surface area contributed by atoms with Gasteiger partial charge in [0.25, 0.3) is 0 Å². The van der Waals surface area contributed by atoms with Crippen LogP contribution in [0.25, 0.3) is 0 Å². The Morgan fingerprint density at radius 2 is 2.21 bits per heavy atom. The summed E-state index contributed by atoms with van der Waals surface area (Å²) in [4.78, 5) is 10.9. The van der Waals surface area contributed by atoms with Gasteiger partial charge in [-0.15, -0.1) is 0 Å². The smallest absolute Gasteiger partial charge is 0.369 e. The fraction of sp³-hybridized carbons (Fsp3) is 0.875. The van der Waals surface area contributed by atoms with Crippen molar-refractivity contribution >= 4 is 5.91 Å². The van der Waals surface area contributed by atoms with Crippen molar-refractivity contribution in [3.05, 3.63) is 0 Å². The summed E-state index contributed by atoms with van der Waals surface area (Å²) in [5.74, 6) is -2.20. The number of hydrogen-bond donors (Lipinski definition) is 2. The van der Waals surface area contributed by atoms with Crippen LogP contribution < -0.4 is 11.1 Å². The molecule has 0 spiro atoms. The van der Waals surface area contributed by atoms with E-state index in [1.807, 2.05) is 0 Å². The average molecular weight is 210 g/mol. The molecule has 0 saturated carbocycles. The quantitative estimate of drug-likeness (QED) is 0.718. The van der Waals surface area contributed by atoms with E-state index >= 15 is 0 Å². The molecule has 3 N–H and O–H groups in total. The maximum Gasteiger partial charge on any atom is 0.389 e. The van der Waals surface area contributed by atoms with Crippen LogP contribution >= 0.6 is 0 Å². The molecule has 1 fully saturated rings. The van der Waals surface area contributed by atoms with Gasteiger partial charge in [-0.2, -0.15) is 13.2 Å². The lowest BCUT2D eigenvalue weighted by Gasteiger charge is -2.20. The average Bonchev–Trinajstić information content (AvgIpc) is 2.49. The van der Waals surface area contributed by atoms with E-state index in [1.54, 1.807) is 0 Å². The van der Waals surface area contributed by atoms with Crippen molar-refractivity contribution in [1.29, 1.82) is 0 Å². The van der Waals surface area contributed by atoms with Gasteiger partial charge in [0.1, 0.15) is 0 Å². The molecule has 0 aromatic carbocycles. The maximum atomic E-state index is 12.1. The summed E-state index contributed by atoms with van der Waals surface area (Å²) in [6.45, 7) is 1.11. The van der Waals surface area contributed by atoms with Gasteiger partial charge in [0, 0.05) is 0 Å². The molecule has 14 heavy (non-hydrogen) atoms.